The first-order valence-electron chi connectivity index (χ1n) is 5.23. The smallest absolute Gasteiger partial charge is 0.254 e. The van der Waals surface area contributed by atoms with Crippen molar-refractivity contribution in [1.29, 1.82) is 0 Å². The number of amides is 1. The highest BCUT2D eigenvalue weighted by atomic mass is 79.9. The summed E-state index contributed by atoms with van der Waals surface area (Å²) in [6.07, 6.45) is 0.213. The van der Waals surface area contributed by atoms with E-state index < -0.39 is 0 Å². The van der Waals surface area contributed by atoms with Gasteiger partial charge in [0.1, 0.15) is 0 Å². The highest BCUT2D eigenvalue weighted by molar-refractivity contribution is 9.09. The van der Waals surface area contributed by atoms with E-state index in [-0.39, 0.29) is 18.1 Å². The molecule has 1 aromatic rings. The van der Waals surface area contributed by atoms with Crippen molar-refractivity contribution >= 4 is 33.2 Å². The maximum Gasteiger partial charge on any atom is 0.254 e. The Bertz CT molecular complexity index is 355. The second-order valence-electron chi connectivity index (χ2n) is 3.95. The van der Waals surface area contributed by atoms with Crippen molar-refractivity contribution in [2.75, 3.05) is 18.4 Å². The fourth-order valence-electron chi connectivity index (χ4n) is 1.87. The molecule has 88 valence electrons. The van der Waals surface area contributed by atoms with Gasteiger partial charge in [-0.15, -0.1) is 0 Å². The first kappa shape index (κ1) is 12.1. The second-order valence-corrected chi connectivity index (χ2v) is 5.37. The second kappa shape index (κ2) is 5.29. The average molecular weight is 304 g/mol. The van der Waals surface area contributed by atoms with E-state index in [9.17, 15) is 4.79 Å². The maximum absolute atomic E-state index is 12.1. The fraction of sp³-hybridized carbons (Fsp3) is 0.545. The Kier molecular flexibility index (Phi) is 4.00. The molecule has 1 aromatic heterocycles. The summed E-state index contributed by atoms with van der Waals surface area (Å²) >= 11 is 4.95. The number of carbonyl (C=O) groups excluding carboxylic acids is 1. The number of hydrogen-bond donors (Lipinski definition) is 0. The highest BCUT2D eigenvalue weighted by Gasteiger charge is 2.28. The lowest BCUT2D eigenvalue weighted by Crippen LogP contribution is -2.49. The molecule has 5 heteroatoms. The first-order chi connectivity index (χ1) is 7.70. The van der Waals surface area contributed by atoms with Gasteiger partial charge >= 0.3 is 0 Å². The Hall–Kier alpha value is -0.390. The summed E-state index contributed by atoms with van der Waals surface area (Å²) in [5.74, 6) is 0.113. The Labute approximate surface area is 108 Å². The van der Waals surface area contributed by atoms with E-state index in [1.165, 1.54) is 0 Å². The minimum absolute atomic E-state index is 0.103. The predicted octanol–water partition coefficient (Wildman–Crippen LogP) is 2.37. The zero-order valence-electron chi connectivity index (χ0n) is 9.06. The van der Waals surface area contributed by atoms with Crippen LogP contribution in [0.1, 0.15) is 17.3 Å². The SMILES string of the molecule is CC1CN(C(=O)c2ccsc2)CC(CBr)O1. The molecule has 3 nitrogen and oxygen atoms in total. The Balaban J connectivity index is 2.06. The van der Waals surface area contributed by atoms with E-state index in [1.807, 2.05) is 28.7 Å². The van der Waals surface area contributed by atoms with Crippen LogP contribution in [-0.4, -0.2) is 41.4 Å². The zero-order chi connectivity index (χ0) is 11.5. The number of rotatable bonds is 2. The van der Waals surface area contributed by atoms with Gasteiger partial charge in [-0.05, 0) is 18.4 Å². The van der Waals surface area contributed by atoms with Gasteiger partial charge in [-0.1, -0.05) is 15.9 Å². The molecule has 2 rings (SSSR count). The fourth-order valence-corrected chi connectivity index (χ4v) is 2.85. The topological polar surface area (TPSA) is 29.5 Å². The molecule has 1 saturated heterocycles. The van der Waals surface area contributed by atoms with Crippen LogP contribution in [0.15, 0.2) is 16.8 Å². The molecule has 0 radical (unpaired) electrons. The third-order valence-electron chi connectivity index (χ3n) is 2.55. The van der Waals surface area contributed by atoms with Crippen LogP contribution in [0.5, 0.6) is 0 Å². The van der Waals surface area contributed by atoms with Gasteiger partial charge in [-0.2, -0.15) is 11.3 Å². The van der Waals surface area contributed by atoms with E-state index in [0.717, 1.165) is 10.9 Å². The molecule has 1 fully saturated rings. The summed E-state index contributed by atoms with van der Waals surface area (Å²) in [6.45, 7) is 3.35. The van der Waals surface area contributed by atoms with Crippen LogP contribution in [0.3, 0.4) is 0 Å². The summed E-state index contributed by atoms with van der Waals surface area (Å²) in [7, 11) is 0. The molecule has 2 unspecified atom stereocenters. The van der Waals surface area contributed by atoms with Gasteiger partial charge in [0.2, 0.25) is 0 Å². The third-order valence-corrected chi connectivity index (χ3v) is 3.96. The molecule has 0 aromatic carbocycles. The maximum atomic E-state index is 12.1. The van der Waals surface area contributed by atoms with Gasteiger partial charge in [0.15, 0.2) is 0 Å². The van der Waals surface area contributed by atoms with Crippen molar-refractivity contribution in [3.05, 3.63) is 22.4 Å². The van der Waals surface area contributed by atoms with Crippen LogP contribution in [-0.2, 0) is 4.74 Å². The Morgan fingerprint density at radius 3 is 3.12 bits per heavy atom. The molecule has 0 saturated carbocycles. The normalized spacial score (nSPS) is 25.8. The van der Waals surface area contributed by atoms with Crippen LogP contribution in [0.25, 0.3) is 0 Å². The highest BCUT2D eigenvalue weighted by Crippen LogP contribution is 2.17. The van der Waals surface area contributed by atoms with Crippen LogP contribution in [0.4, 0.5) is 0 Å². The summed E-state index contributed by atoms with van der Waals surface area (Å²) in [6, 6.07) is 1.87. The molecule has 2 atom stereocenters. The van der Waals surface area contributed by atoms with E-state index in [4.69, 9.17) is 4.74 Å². The van der Waals surface area contributed by atoms with Crippen molar-refractivity contribution in [2.45, 2.75) is 19.1 Å². The molecular weight excluding hydrogens is 290 g/mol. The molecule has 1 aliphatic rings. The van der Waals surface area contributed by atoms with Gasteiger partial charge in [0.25, 0.3) is 5.91 Å². The molecule has 0 N–H and O–H groups in total. The summed E-state index contributed by atoms with van der Waals surface area (Å²) in [5, 5.41) is 4.59. The van der Waals surface area contributed by atoms with Crippen molar-refractivity contribution in [3.63, 3.8) is 0 Å². The molecule has 0 bridgehead atoms. The lowest BCUT2D eigenvalue weighted by atomic mass is 10.2. The number of carbonyl (C=O) groups is 1. The standard InChI is InChI=1S/C11H14BrNO2S/c1-8-5-13(6-10(4-12)15-8)11(14)9-2-3-16-7-9/h2-3,7-8,10H,4-6H2,1H3. The third kappa shape index (κ3) is 2.64. The number of nitrogens with zero attached hydrogens (tertiary/aromatic N) is 1. The average Bonchev–Trinajstić information content (AvgIpc) is 2.80. The molecule has 16 heavy (non-hydrogen) atoms. The van der Waals surface area contributed by atoms with E-state index in [2.05, 4.69) is 15.9 Å². The number of halogens is 1. The number of alkyl halides is 1. The minimum Gasteiger partial charge on any atom is -0.371 e. The quantitative estimate of drug-likeness (QED) is 0.785. The van der Waals surface area contributed by atoms with Gasteiger partial charge in [0, 0.05) is 23.8 Å². The lowest BCUT2D eigenvalue weighted by Gasteiger charge is -2.36. The van der Waals surface area contributed by atoms with Crippen LogP contribution >= 0.6 is 27.3 Å². The number of morpholine rings is 1. The van der Waals surface area contributed by atoms with E-state index in [0.29, 0.717) is 13.1 Å². The van der Waals surface area contributed by atoms with Crippen molar-refractivity contribution < 1.29 is 9.53 Å². The Morgan fingerprint density at radius 1 is 1.69 bits per heavy atom. The van der Waals surface area contributed by atoms with E-state index >= 15 is 0 Å². The van der Waals surface area contributed by atoms with Crippen molar-refractivity contribution in [3.8, 4) is 0 Å². The number of thiophene rings is 1. The number of ether oxygens (including phenoxy) is 1. The largest absolute Gasteiger partial charge is 0.371 e. The summed E-state index contributed by atoms with van der Waals surface area (Å²) < 4.78 is 5.70. The monoisotopic (exact) mass is 303 g/mol. The molecule has 0 spiro atoms. The van der Waals surface area contributed by atoms with Crippen LogP contribution in [0, 0.1) is 0 Å². The Morgan fingerprint density at radius 2 is 2.50 bits per heavy atom. The summed E-state index contributed by atoms with van der Waals surface area (Å²) in [5.41, 5.74) is 0.785. The van der Waals surface area contributed by atoms with Gasteiger partial charge < -0.3 is 9.64 Å². The van der Waals surface area contributed by atoms with Crippen molar-refractivity contribution in [2.24, 2.45) is 0 Å². The summed E-state index contributed by atoms with van der Waals surface area (Å²) in [4.78, 5) is 14.0. The minimum atomic E-state index is 0.103. The number of hydrogen-bond acceptors (Lipinski definition) is 3. The molecule has 1 amide bonds. The van der Waals surface area contributed by atoms with Crippen LogP contribution in [0.2, 0.25) is 0 Å². The van der Waals surface area contributed by atoms with Gasteiger partial charge in [0.05, 0.1) is 17.8 Å². The van der Waals surface area contributed by atoms with Crippen molar-refractivity contribution in [1.82, 2.24) is 4.90 Å². The molecule has 0 aliphatic carbocycles. The zero-order valence-corrected chi connectivity index (χ0v) is 11.5. The first-order valence-corrected chi connectivity index (χ1v) is 7.30. The molecular formula is C11H14BrNO2S. The predicted molar refractivity (Wildman–Crippen MR) is 68.4 cm³/mol. The molecule has 2 heterocycles. The van der Waals surface area contributed by atoms with Crippen LogP contribution < -0.4 is 0 Å². The van der Waals surface area contributed by atoms with Gasteiger partial charge in [-0.3, -0.25) is 4.79 Å². The molecule has 1 aliphatic heterocycles. The lowest BCUT2D eigenvalue weighted by molar-refractivity contribution is -0.0559. The van der Waals surface area contributed by atoms with E-state index in [1.54, 1.807) is 11.3 Å². The van der Waals surface area contributed by atoms with Gasteiger partial charge in [-0.25, -0.2) is 0 Å².